The van der Waals surface area contributed by atoms with Crippen LogP contribution in [0.3, 0.4) is 0 Å². The van der Waals surface area contributed by atoms with E-state index >= 15 is 0 Å². The van der Waals surface area contributed by atoms with Gasteiger partial charge in [-0.3, -0.25) is 0 Å². The summed E-state index contributed by atoms with van der Waals surface area (Å²) in [7, 11) is 0. The van der Waals surface area contributed by atoms with Gasteiger partial charge in [0.15, 0.2) is 5.82 Å². The van der Waals surface area contributed by atoms with Gasteiger partial charge in [0.25, 0.3) is 0 Å². The molecule has 0 amide bonds. The molecule has 0 saturated carbocycles. The summed E-state index contributed by atoms with van der Waals surface area (Å²) in [5.41, 5.74) is 9.97. The molecule has 0 saturated heterocycles. The van der Waals surface area contributed by atoms with Crippen molar-refractivity contribution in [2.24, 2.45) is 0 Å². The number of benzene rings is 7. The number of fused-ring (bicyclic) bond motifs is 9. The van der Waals surface area contributed by atoms with Gasteiger partial charge in [0.1, 0.15) is 23.0 Å². The van der Waals surface area contributed by atoms with Crippen molar-refractivity contribution in [2.45, 2.75) is 12.0 Å². The van der Waals surface area contributed by atoms with Crippen molar-refractivity contribution < 1.29 is 9.15 Å². The average Bonchev–Trinajstić information content (AvgIpc) is 3.78. The lowest BCUT2D eigenvalue weighted by Gasteiger charge is -2.14. The Labute approximate surface area is 300 Å². The fourth-order valence-electron chi connectivity index (χ4n) is 8.01. The smallest absolute Gasteiger partial charge is 0.161 e. The second kappa shape index (κ2) is 11.4. The maximum absolute atomic E-state index is 6.72. The lowest BCUT2D eigenvalue weighted by molar-refractivity contribution is 0.269. The van der Waals surface area contributed by atoms with E-state index in [1.54, 1.807) is 0 Å². The minimum absolute atomic E-state index is 0.0302. The third-order valence-electron chi connectivity index (χ3n) is 10.6. The molecule has 2 aliphatic rings. The quantitative estimate of drug-likeness (QED) is 0.188. The van der Waals surface area contributed by atoms with E-state index < -0.39 is 0 Å². The van der Waals surface area contributed by atoms with Gasteiger partial charge in [0, 0.05) is 44.3 Å². The van der Waals surface area contributed by atoms with Crippen LogP contribution >= 0.6 is 0 Å². The molecule has 0 spiro atoms. The first-order valence-electron chi connectivity index (χ1n) is 17.7. The molecule has 2 aromatic heterocycles. The Bertz CT molecular complexity index is 2960. The molecule has 2 unspecified atom stereocenters. The molecule has 1 aliphatic heterocycles. The predicted molar refractivity (Wildman–Crippen MR) is 212 cm³/mol. The van der Waals surface area contributed by atoms with E-state index in [1.807, 2.05) is 6.07 Å². The zero-order chi connectivity index (χ0) is 34.2. The summed E-state index contributed by atoms with van der Waals surface area (Å²) in [6, 6.07) is 51.2. The van der Waals surface area contributed by atoms with Crippen molar-refractivity contribution in [3.8, 4) is 50.8 Å². The fraction of sp³-hybridized carbons (Fsp3) is 0.0417. The summed E-state index contributed by atoms with van der Waals surface area (Å²) < 4.78 is 13.0. The zero-order valence-electron chi connectivity index (χ0n) is 28.0. The van der Waals surface area contributed by atoms with Gasteiger partial charge in [-0.15, -0.1) is 0 Å². The number of allylic oxidation sites excluding steroid dienone is 2. The van der Waals surface area contributed by atoms with Crippen LogP contribution in [0.2, 0.25) is 0 Å². The molecule has 4 nitrogen and oxygen atoms in total. The van der Waals surface area contributed by atoms with Crippen molar-refractivity contribution >= 4 is 43.5 Å². The van der Waals surface area contributed by atoms with E-state index in [2.05, 4.69) is 164 Å². The first-order valence-corrected chi connectivity index (χ1v) is 17.7. The van der Waals surface area contributed by atoms with Crippen LogP contribution in [0.1, 0.15) is 11.5 Å². The van der Waals surface area contributed by atoms with Crippen LogP contribution in [0.5, 0.6) is 5.75 Å². The van der Waals surface area contributed by atoms with E-state index in [1.165, 1.54) is 16.3 Å². The van der Waals surface area contributed by atoms with E-state index in [9.17, 15) is 0 Å². The lowest BCUT2D eigenvalue weighted by Crippen LogP contribution is -2.15. The van der Waals surface area contributed by atoms with Gasteiger partial charge in [0.2, 0.25) is 0 Å². The predicted octanol–water partition coefficient (Wildman–Crippen LogP) is 12.3. The summed E-state index contributed by atoms with van der Waals surface area (Å²) >= 11 is 0. The van der Waals surface area contributed by atoms with E-state index in [0.717, 1.165) is 77.7 Å². The highest BCUT2D eigenvalue weighted by molar-refractivity contribution is 6.19. The fourth-order valence-corrected chi connectivity index (χ4v) is 8.01. The topological polar surface area (TPSA) is 48.2 Å². The Balaban J connectivity index is 1.10. The second-order valence-electron chi connectivity index (χ2n) is 13.7. The normalized spacial score (nSPS) is 16.1. The highest BCUT2D eigenvalue weighted by atomic mass is 16.5. The molecule has 0 bridgehead atoms. The maximum atomic E-state index is 6.72. The largest absolute Gasteiger partial charge is 0.485 e. The molecule has 1 aliphatic carbocycles. The van der Waals surface area contributed by atoms with Crippen LogP contribution in [-0.4, -0.2) is 16.1 Å². The molecule has 0 fully saturated rings. The SMILES string of the molecule is C1=CC2Oc3ccc(-c4cc(-c5ccccc5)nc(-c5cc6c7ccc(-c8ccc9ccccc9c8)cc7oc6c6ccccc56)n4)cc3C2C=C1. The zero-order valence-corrected chi connectivity index (χ0v) is 28.0. The summed E-state index contributed by atoms with van der Waals surface area (Å²) in [6.07, 6.45) is 8.55. The molecule has 0 radical (unpaired) electrons. The molecular formula is C48H30N2O2. The number of ether oxygens (including phenoxy) is 1. The molecule has 9 aromatic rings. The Hall–Kier alpha value is -6.78. The molecule has 0 N–H and O–H groups in total. The van der Waals surface area contributed by atoms with Gasteiger partial charge < -0.3 is 9.15 Å². The van der Waals surface area contributed by atoms with E-state index in [4.69, 9.17) is 19.1 Å². The number of aromatic nitrogens is 2. The summed E-state index contributed by atoms with van der Waals surface area (Å²) in [5.74, 6) is 1.80. The minimum Gasteiger partial charge on any atom is -0.485 e. The van der Waals surface area contributed by atoms with Crippen molar-refractivity contribution in [1.29, 1.82) is 0 Å². The molecular weight excluding hydrogens is 637 g/mol. The van der Waals surface area contributed by atoms with Crippen molar-refractivity contribution in [1.82, 2.24) is 9.97 Å². The Kier molecular flexibility index (Phi) is 6.34. The second-order valence-corrected chi connectivity index (χ2v) is 13.7. The molecule has 244 valence electrons. The van der Waals surface area contributed by atoms with Gasteiger partial charge in [0.05, 0.1) is 11.4 Å². The summed E-state index contributed by atoms with van der Waals surface area (Å²) in [4.78, 5) is 10.6. The number of furan rings is 1. The standard InChI is InChI=1S/C48H30N2O2/c1-2-11-30(12-3-1)42-28-43(34-21-23-45-39(25-34)36-15-8-9-17-44(36)51-45)50-48(49-42)41-27-40-37-22-20-33(32-19-18-29-10-4-5-13-31(29)24-32)26-46(37)52-47(40)38-16-7-6-14-35(38)41/h1-28,36,44H. The summed E-state index contributed by atoms with van der Waals surface area (Å²) in [5, 5.41) is 6.64. The molecule has 7 aromatic carbocycles. The monoisotopic (exact) mass is 666 g/mol. The van der Waals surface area contributed by atoms with E-state index in [-0.39, 0.29) is 12.0 Å². The van der Waals surface area contributed by atoms with Crippen LogP contribution in [0.4, 0.5) is 0 Å². The Morgan fingerprint density at radius 2 is 1.21 bits per heavy atom. The van der Waals surface area contributed by atoms with Crippen LogP contribution in [0.25, 0.3) is 88.5 Å². The average molecular weight is 667 g/mol. The number of hydrogen-bond donors (Lipinski definition) is 0. The van der Waals surface area contributed by atoms with E-state index in [0.29, 0.717) is 5.82 Å². The molecule has 52 heavy (non-hydrogen) atoms. The van der Waals surface area contributed by atoms with Crippen LogP contribution in [0.15, 0.2) is 174 Å². The van der Waals surface area contributed by atoms with Crippen LogP contribution in [0, 0.1) is 0 Å². The van der Waals surface area contributed by atoms with Gasteiger partial charge in [-0.1, -0.05) is 115 Å². The summed E-state index contributed by atoms with van der Waals surface area (Å²) in [6.45, 7) is 0. The Morgan fingerprint density at radius 3 is 2.12 bits per heavy atom. The molecule has 3 heterocycles. The minimum atomic E-state index is 0.0302. The molecule has 2 atom stereocenters. The third-order valence-corrected chi connectivity index (χ3v) is 10.6. The Morgan fingerprint density at radius 1 is 0.481 bits per heavy atom. The number of nitrogens with zero attached hydrogens (tertiary/aromatic N) is 2. The van der Waals surface area contributed by atoms with Crippen molar-refractivity contribution in [3.05, 3.63) is 175 Å². The lowest BCUT2D eigenvalue weighted by atomic mass is 9.90. The van der Waals surface area contributed by atoms with Gasteiger partial charge in [-0.25, -0.2) is 9.97 Å². The third kappa shape index (κ3) is 4.61. The number of rotatable bonds is 4. The highest BCUT2D eigenvalue weighted by Gasteiger charge is 2.32. The van der Waals surface area contributed by atoms with Crippen molar-refractivity contribution in [2.75, 3.05) is 0 Å². The first kappa shape index (κ1) is 29.0. The van der Waals surface area contributed by atoms with Gasteiger partial charge in [-0.05, 0) is 81.9 Å². The molecule has 4 heteroatoms. The van der Waals surface area contributed by atoms with Crippen molar-refractivity contribution in [3.63, 3.8) is 0 Å². The first-order chi connectivity index (χ1) is 25.7. The maximum Gasteiger partial charge on any atom is 0.161 e. The van der Waals surface area contributed by atoms with Gasteiger partial charge in [-0.2, -0.15) is 0 Å². The van der Waals surface area contributed by atoms with Crippen LogP contribution in [-0.2, 0) is 0 Å². The van der Waals surface area contributed by atoms with Crippen LogP contribution < -0.4 is 4.74 Å². The number of hydrogen-bond acceptors (Lipinski definition) is 4. The molecule has 11 rings (SSSR count). The highest BCUT2D eigenvalue weighted by Crippen LogP contribution is 2.44. The van der Waals surface area contributed by atoms with Gasteiger partial charge >= 0.3 is 0 Å².